The van der Waals surface area contributed by atoms with Crippen LogP contribution in [-0.4, -0.2) is 53.8 Å². The molecular weight excluding hydrogens is 376 g/mol. The SMILES string of the molecule is CC(=O)Oc1cccc(C(=O)N2CCCN(C(=O)c3ccccc3S)CC2)c1. The standard InChI is InChI=1S/C21H22N2O4S/c1-15(24)27-17-7-4-6-16(14-17)20(25)22-10-5-11-23(13-12-22)21(26)18-8-2-3-9-19(18)28/h2-4,6-9,14,28H,5,10-13H2,1H3. The fourth-order valence-corrected chi connectivity index (χ4v) is 3.45. The summed E-state index contributed by atoms with van der Waals surface area (Å²) in [5.74, 6) is -0.303. The maximum atomic E-state index is 12.9. The molecule has 2 amide bonds. The average Bonchev–Trinajstić information content (AvgIpc) is 2.93. The molecule has 7 heteroatoms. The van der Waals surface area contributed by atoms with Gasteiger partial charge in [-0.2, -0.15) is 0 Å². The Morgan fingerprint density at radius 3 is 2.25 bits per heavy atom. The molecule has 0 spiro atoms. The van der Waals surface area contributed by atoms with Crippen LogP contribution < -0.4 is 4.74 Å². The summed E-state index contributed by atoms with van der Waals surface area (Å²) in [5.41, 5.74) is 1.03. The van der Waals surface area contributed by atoms with Crippen LogP contribution in [-0.2, 0) is 4.79 Å². The molecule has 0 radical (unpaired) electrons. The highest BCUT2D eigenvalue weighted by molar-refractivity contribution is 7.80. The maximum Gasteiger partial charge on any atom is 0.308 e. The summed E-state index contributed by atoms with van der Waals surface area (Å²) >= 11 is 4.37. The normalized spacial score (nSPS) is 14.4. The third kappa shape index (κ3) is 4.72. The Labute approximate surface area is 169 Å². The molecule has 28 heavy (non-hydrogen) atoms. The van der Waals surface area contributed by atoms with Crippen molar-refractivity contribution in [3.63, 3.8) is 0 Å². The smallest absolute Gasteiger partial charge is 0.308 e. The second kappa shape index (κ2) is 8.93. The quantitative estimate of drug-likeness (QED) is 0.491. The number of thiol groups is 1. The Hall–Kier alpha value is -2.80. The van der Waals surface area contributed by atoms with Gasteiger partial charge in [-0.15, -0.1) is 12.6 Å². The zero-order valence-electron chi connectivity index (χ0n) is 15.6. The first-order valence-electron chi connectivity index (χ1n) is 9.11. The number of carbonyl (C=O) groups excluding carboxylic acids is 3. The summed E-state index contributed by atoms with van der Waals surface area (Å²) in [4.78, 5) is 40.9. The third-order valence-electron chi connectivity index (χ3n) is 4.55. The summed E-state index contributed by atoms with van der Waals surface area (Å²) in [6.45, 7) is 3.35. The summed E-state index contributed by atoms with van der Waals surface area (Å²) < 4.78 is 5.06. The Kier molecular flexibility index (Phi) is 6.36. The van der Waals surface area contributed by atoms with Crippen LogP contribution in [0.15, 0.2) is 53.4 Å². The number of hydrogen-bond donors (Lipinski definition) is 1. The molecule has 0 bridgehead atoms. The molecule has 2 aromatic carbocycles. The highest BCUT2D eigenvalue weighted by atomic mass is 32.1. The van der Waals surface area contributed by atoms with Gasteiger partial charge in [-0.25, -0.2) is 0 Å². The minimum Gasteiger partial charge on any atom is -0.427 e. The predicted octanol–water partition coefficient (Wildman–Crippen LogP) is 2.89. The first-order chi connectivity index (χ1) is 13.5. The third-order valence-corrected chi connectivity index (χ3v) is 4.94. The van der Waals surface area contributed by atoms with Crippen molar-refractivity contribution in [2.75, 3.05) is 26.2 Å². The molecule has 6 nitrogen and oxygen atoms in total. The van der Waals surface area contributed by atoms with Crippen molar-refractivity contribution in [1.82, 2.24) is 9.80 Å². The Morgan fingerprint density at radius 1 is 0.893 bits per heavy atom. The lowest BCUT2D eigenvalue weighted by Crippen LogP contribution is -2.37. The highest BCUT2D eigenvalue weighted by Crippen LogP contribution is 2.19. The van der Waals surface area contributed by atoms with Crippen molar-refractivity contribution in [3.8, 4) is 5.75 Å². The van der Waals surface area contributed by atoms with Gasteiger partial charge in [0.1, 0.15) is 5.75 Å². The van der Waals surface area contributed by atoms with Crippen LogP contribution in [0.25, 0.3) is 0 Å². The van der Waals surface area contributed by atoms with E-state index in [1.165, 1.54) is 6.92 Å². The van der Waals surface area contributed by atoms with Gasteiger partial charge in [-0.05, 0) is 36.8 Å². The number of nitrogens with zero attached hydrogens (tertiary/aromatic N) is 2. The van der Waals surface area contributed by atoms with E-state index in [2.05, 4.69) is 12.6 Å². The van der Waals surface area contributed by atoms with Gasteiger partial charge in [0, 0.05) is 43.6 Å². The van der Waals surface area contributed by atoms with Crippen LogP contribution in [0.1, 0.15) is 34.1 Å². The summed E-state index contributed by atoms with van der Waals surface area (Å²) in [5, 5.41) is 0. The Bertz CT molecular complexity index is 899. The van der Waals surface area contributed by atoms with Gasteiger partial charge in [0.15, 0.2) is 0 Å². The lowest BCUT2D eigenvalue weighted by atomic mass is 10.2. The fraction of sp³-hybridized carbons (Fsp3) is 0.286. The van der Waals surface area contributed by atoms with E-state index in [4.69, 9.17) is 4.74 Å². The molecule has 3 rings (SSSR count). The predicted molar refractivity (Wildman–Crippen MR) is 108 cm³/mol. The second-order valence-corrected chi connectivity index (χ2v) is 7.06. The largest absolute Gasteiger partial charge is 0.427 e. The number of amides is 2. The summed E-state index contributed by atoms with van der Waals surface area (Å²) in [6.07, 6.45) is 0.690. The number of esters is 1. The van der Waals surface area contributed by atoms with E-state index in [0.717, 1.165) is 0 Å². The zero-order chi connectivity index (χ0) is 20.1. The maximum absolute atomic E-state index is 12.9. The fourth-order valence-electron chi connectivity index (χ4n) is 3.19. The first kappa shape index (κ1) is 19.9. The molecule has 146 valence electrons. The van der Waals surface area contributed by atoms with Crippen LogP contribution in [0.4, 0.5) is 0 Å². The number of rotatable bonds is 3. The van der Waals surface area contributed by atoms with Crippen molar-refractivity contribution in [2.24, 2.45) is 0 Å². The number of benzene rings is 2. The van der Waals surface area contributed by atoms with Crippen LogP contribution in [0.3, 0.4) is 0 Å². The van der Waals surface area contributed by atoms with Crippen molar-refractivity contribution in [3.05, 3.63) is 59.7 Å². The monoisotopic (exact) mass is 398 g/mol. The van der Waals surface area contributed by atoms with E-state index < -0.39 is 5.97 Å². The lowest BCUT2D eigenvalue weighted by Gasteiger charge is -2.23. The molecule has 1 aliphatic rings. The molecule has 1 heterocycles. The minimum atomic E-state index is -0.432. The zero-order valence-corrected chi connectivity index (χ0v) is 16.5. The number of carbonyl (C=O) groups is 3. The number of hydrogen-bond acceptors (Lipinski definition) is 5. The molecule has 1 aliphatic heterocycles. The molecule has 0 aliphatic carbocycles. The second-order valence-electron chi connectivity index (χ2n) is 6.58. The molecule has 0 aromatic heterocycles. The van der Waals surface area contributed by atoms with E-state index in [-0.39, 0.29) is 11.8 Å². The van der Waals surface area contributed by atoms with Crippen molar-refractivity contribution in [2.45, 2.75) is 18.2 Å². The molecule has 0 atom stereocenters. The van der Waals surface area contributed by atoms with Crippen molar-refractivity contribution >= 4 is 30.4 Å². The average molecular weight is 398 g/mol. The molecule has 0 unspecified atom stereocenters. The summed E-state index contributed by atoms with van der Waals surface area (Å²) in [6, 6.07) is 13.8. The van der Waals surface area contributed by atoms with Gasteiger partial charge >= 0.3 is 5.97 Å². The van der Waals surface area contributed by atoms with Gasteiger partial charge < -0.3 is 14.5 Å². The number of ether oxygens (including phenoxy) is 1. The van der Waals surface area contributed by atoms with E-state index in [0.29, 0.717) is 54.4 Å². The van der Waals surface area contributed by atoms with Gasteiger partial charge in [0.2, 0.25) is 0 Å². The lowest BCUT2D eigenvalue weighted by molar-refractivity contribution is -0.131. The van der Waals surface area contributed by atoms with E-state index in [9.17, 15) is 14.4 Å². The highest BCUT2D eigenvalue weighted by Gasteiger charge is 2.24. The van der Waals surface area contributed by atoms with E-state index in [1.54, 1.807) is 46.2 Å². The Morgan fingerprint density at radius 2 is 1.57 bits per heavy atom. The van der Waals surface area contributed by atoms with E-state index >= 15 is 0 Å². The van der Waals surface area contributed by atoms with Gasteiger partial charge in [0.25, 0.3) is 11.8 Å². The van der Waals surface area contributed by atoms with Crippen molar-refractivity contribution < 1.29 is 19.1 Å². The Balaban J connectivity index is 1.68. The van der Waals surface area contributed by atoms with Gasteiger partial charge in [-0.1, -0.05) is 18.2 Å². The van der Waals surface area contributed by atoms with Crippen LogP contribution in [0.5, 0.6) is 5.75 Å². The van der Waals surface area contributed by atoms with E-state index in [1.807, 2.05) is 12.1 Å². The van der Waals surface area contributed by atoms with Crippen LogP contribution in [0.2, 0.25) is 0 Å². The summed E-state index contributed by atoms with van der Waals surface area (Å²) in [7, 11) is 0. The molecule has 0 saturated carbocycles. The van der Waals surface area contributed by atoms with Gasteiger partial charge in [-0.3, -0.25) is 14.4 Å². The van der Waals surface area contributed by atoms with Crippen molar-refractivity contribution in [1.29, 1.82) is 0 Å². The molecule has 1 saturated heterocycles. The molecular formula is C21H22N2O4S. The minimum absolute atomic E-state index is 0.0724. The van der Waals surface area contributed by atoms with Gasteiger partial charge in [0.05, 0.1) is 5.56 Å². The first-order valence-corrected chi connectivity index (χ1v) is 9.55. The molecule has 1 fully saturated rings. The molecule has 0 N–H and O–H groups in total. The van der Waals surface area contributed by atoms with Crippen LogP contribution in [0, 0.1) is 0 Å². The topological polar surface area (TPSA) is 66.9 Å². The van der Waals surface area contributed by atoms with Crippen LogP contribution >= 0.6 is 12.6 Å². The molecule has 2 aromatic rings.